The Balaban J connectivity index is 1.56. The quantitative estimate of drug-likeness (QED) is 0.677. The van der Waals surface area contributed by atoms with Crippen LogP contribution in [-0.2, 0) is 11.2 Å². The molecular weight excluding hydrogens is 364 g/mol. The van der Waals surface area contributed by atoms with Crippen LogP contribution in [0.4, 0.5) is 4.79 Å². The summed E-state index contributed by atoms with van der Waals surface area (Å²) in [6.45, 7) is 2.60. The summed E-state index contributed by atoms with van der Waals surface area (Å²) >= 11 is 0. The molecule has 1 aliphatic heterocycles. The second-order valence-electron chi connectivity index (χ2n) is 7.63. The zero-order valence-corrected chi connectivity index (χ0v) is 16.9. The Labute approximate surface area is 171 Å². The van der Waals surface area contributed by atoms with Crippen molar-refractivity contribution >= 4 is 6.03 Å². The molecule has 29 heavy (non-hydrogen) atoms. The van der Waals surface area contributed by atoms with Crippen LogP contribution >= 0.6 is 0 Å². The van der Waals surface area contributed by atoms with Crippen molar-refractivity contribution in [2.75, 3.05) is 13.7 Å². The third kappa shape index (κ3) is 4.38. The minimum absolute atomic E-state index is 0.0473. The van der Waals surface area contributed by atoms with E-state index in [0.29, 0.717) is 12.2 Å². The van der Waals surface area contributed by atoms with E-state index in [4.69, 9.17) is 4.74 Å². The highest BCUT2D eigenvalue weighted by Gasteiger charge is 2.33. The van der Waals surface area contributed by atoms with E-state index in [1.54, 1.807) is 13.3 Å². The van der Waals surface area contributed by atoms with Gasteiger partial charge in [-0.15, -0.1) is 5.10 Å². The number of carbonyl (C=O) groups is 1. The van der Waals surface area contributed by atoms with Gasteiger partial charge in [0, 0.05) is 25.3 Å². The molecule has 0 aliphatic carbocycles. The first-order valence-corrected chi connectivity index (χ1v) is 10.0. The highest BCUT2D eigenvalue weighted by molar-refractivity contribution is 5.77. The van der Waals surface area contributed by atoms with Gasteiger partial charge < -0.3 is 9.64 Å². The summed E-state index contributed by atoms with van der Waals surface area (Å²) in [6.07, 6.45) is 4.43. The van der Waals surface area contributed by atoms with Crippen molar-refractivity contribution in [1.82, 2.24) is 19.9 Å². The van der Waals surface area contributed by atoms with Crippen LogP contribution in [0.3, 0.4) is 0 Å². The van der Waals surface area contributed by atoms with Crippen LogP contribution in [0, 0.1) is 6.92 Å². The summed E-state index contributed by atoms with van der Waals surface area (Å²) in [5.41, 5.74) is 4.05. The normalized spacial score (nSPS) is 19.3. The van der Waals surface area contributed by atoms with Crippen LogP contribution in [0.5, 0.6) is 0 Å². The fraction of sp³-hybridized carbons (Fsp3) is 0.348. The maximum absolute atomic E-state index is 13.3. The predicted molar refractivity (Wildman–Crippen MR) is 112 cm³/mol. The van der Waals surface area contributed by atoms with Gasteiger partial charge in [0.15, 0.2) is 0 Å². The van der Waals surface area contributed by atoms with Gasteiger partial charge in [0.2, 0.25) is 0 Å². The van der Waals surface area contributed by atoms with Gasteiger partial charge in [-0.1, -0.05) is 65.4 Å². The van der Waals surface area contributed by atoms with Gasteiger partial charge in [-0.25, -0.2) is 4.79 Å². The Hall–Kier alpha value is -2.99. The molecule has 1 fully saturated rings. The van der Waals surface area contributed by atoms with E-state index in [1.165, 1.54) is 15.8 Å². The molecule has 3 aromatic rings. The van der Waals surface area contributed by atoms with Gasteiger partial charge in [0.25, 0.3) is 0 Å². The summed E-state index contributed by atoms with van der Waals surface area (Å²) in [7, 11) is 1.70. The maximum atomic E-state index is 13.3. The van der Waals surface area contributed by atoms with Gasteiger partial charge >= 0.3 is 6.03 Å². The molecule has 0 N–H and O–H groups in total. The highest BCUT2D eigenvalue weighted by Crippen LogP contribution is 2.24. The van der Waals surface area contributed by atoms with E-state index in [9.17, 15) is 4.79 Å². The standard InChI is InChI=1S/C23H26N4O2/c1-17-8-10-19(11-9-17)22-16-27(25-24-22)23(28)26-15-21(29-2)13-12-20(26)14-18-6-4-3-5-7-18/h3-11,16,20-21H,12-15H2,1-2H3/t20-,21-/m1/s1. The summed E-state index contributed by atoms with van der Waals surface area (Å²) in [6, 6.07) is 18.3. The van der Waals surface area contributed by atoms with E-state index in [-0.39, 0.29) is 18.2 Å². The van der Waals surface area contributed by atoms with Crippen molar-refractivity contribution < 1.29 is 9.53 Å². The first-order valence-electron chi connectivity index (χ1n) is 10.0. The van der Waals surface area contributed by atoms with Crippen molar-refractivity contribution in [2.24, 2.45) is 0 Å². The number of aryl methyl sites for hydroxylation is 1. The number of ether oxygens (including phenoxy) is 1. The number of piperidine rings is 1. The fourth-order valence-electron chi connectivity index (χ4n) is 3.86. The van der Waals surface area contributed by atoms with E-state index in [0.717, 1.165) is 24.8 Å². The zero-order valence-electron chi connectivity index (χ0n) is 16.9. The number of aromatic nitrogens is 3. The van der Waals surface area contributed by atoms with E-state index in [2.05, 4.69) is 22.4 Å². The molecule has 0 saturated carbocycles. The van der Waals surface area contributed by atoms with Gasteiger partial charge in [-0.2, -0.15) is 4.68 Å². The molecule has 0 bridgehead atoms. The van der Waals surface area contributed by atoms with Crippen molar-refractivity contribution in [1.29, 1.82) is 0 Å². The van der Waals surface area contributed by atoms with Gasteiger partial charge in [0.05, 0.1) is 12.3 Å². The van der Waals surface area contributed by atoms with Crippen molar-refractivity contribution in [3.63, 3.8) is 0 Å². The molecule has 1 amide bonds. The molecule has 1 saturated heterocycles. The molecule has 4 rings (SSSR count). The topological polar surface area (TPSA) is 60.2 Å². The molecule has 2 aromatic carbocycles. The summed E-state index contributed by atoms with van der Waals surface area (Å²) < 4.78 is 6.90. The lowest BCUT2D eigenvalue weighted by molar-refractivity contribution is 0.0217. The molecule has 1 aliphatic rings. The number of hydrogen-bond donors (Lipinski definition) is 0. The Morgan fingerprint density at radius 1 is 1.10 bits per heavy atom. The largest absolute Gasteiger partial charge is 0.380 e. The highest BCUT2D eigenvalue weighted by atomic mass is 16.5. The molecule has 6 heteroatoms. The molecule has 6 nitrogen and oxygen atoms in total. The van der Waals surface area contributed by atoms with Crippen LogP contribution in [0.15, 0.2) is 60.8 Å². The molecular formula is C23H26N4O2. The predicted octanol–water partition coefficient (Wildman–Crippen LogP) is 3.94. The van der Waals surface area contributed by atoms with Crippen LogP contribution in [0.25, 0.3) is 11.3 Å². The minimum Gasteiger partial charge on any atom is -0.380 e. The Kier molecular flexibility index (Phi) is 5.71. The second-order valence-corrected chi connectivity index (χ2v) is 7.63. The van der Waals surface area contributed by atoms with E-state index in [1.807, 2.05) is 54.3 Å². The number of carbonyl (C=O) groups excluding carboxylic acids is 1. The third-order valence-corrected chi connectivity index (χ3v) is 5.59. The monoisotopic (exact) mass is 390 g/mol. The number of rotatable bonds is 4. The van der Waals surface area contributed by atoms with Gasteiger partial charge in [-0.05, 0) is 31.7 Å². The summed E-state index contributed by atoms with van der Waals surface area (Å²) in [4.78, 5) is 15.2. The number of methoxy groups -OCH3 is 1. The second kappa shape index (κ2) is 8.57. The first kappa shape index (κ1) is 19.3. The molecule has 0 unspecified atom stereocenters. The minimum atomic E-state index is -0.154. The molecule has 0 spiro atoms. The van der Waals surface area contributed by atoms with Crippen LogP contribution in [-0.4, -0.2) is 51.7 Å². The van der Waals surface area contributed by atoms with Gasteiger partial charge in [0.1, 0.15) is 5.69 Å². The lowest BCUT2D eigenvalue weighted by atomic mass is 9.94. The number of hydrogen-bond acceptors (Lipinski definition) is 4. The molecule has 1 aromatic heterocycles. The van der Waals surface area contributed by atoms with E-state index < -0.39 is 0 Å². The Bertz CT molecular complexity index is 953. The van der Waals surface area contributed by atoms with Crippen molar-refractivity contribution in [3.05, 3.63) is 71.9 Å². The van der Waals surface area contributed by atoms with E-state index >= 15 is 0 Å². The maximum Gasteiger partial charge on any atom is 0.346 e. The number of benzene rings is 2. The van der Waals surface area contributed by atoms with Crippen LogP contribution in [0.1, 0.15) is 24.0 Å². The number of amides is 1. The number of nitrogens with zero attached hydrogens (tertiary/aromatic N) is 4. The fourth-order valence-corrected chi connectivity index (χ4v) is 3.86. The van der Waals surface area contributed by atoms with Crippen LogP contribution in [0.2, 0.25) is 0 Å². The van der Waals surface area contributed by atoms with Gasteiger partial charge in [-0.3, -0.25) is 0 Å². The summed E-state index contributed by atoms with van der Waals surface area (Å²) in [5.74, 6) is 0. The average molecular weight is 390 g/mol. The Morgan fingerprint density at radius 3 is 2.59 bits per heavy atom. The number of likely N-dealkylation sites (tertiary alicyclic amines) is 1. The Morgan fingerprint density at radius 2 is 1.86 bits per heavy atom. The molecule has 2 heterocycles. The van der Waals surface area contributed by atoms with Crippen molar-refractivity contribution in [3.8, 4) is 11.3 Å². The smallest absolute Gasteiger partial charge is 0.346 e. The lowest BCUT2D eigenvalue weighted by Gasteiger charge is -2.38. The molecule has 150 valence electrons. The molecule has 2 atom stereocenters. The SMILES string of the molecule is CO[C@@H]1CC[C@H](Cc2ccccc2)N(C(=O)n2cc(-c3ccc(C)cc3)nn2)C1. The van der Waals surface area contributed by atoms with Crippen molar-refractivity contribution in [2.45, 2.75) is 38.3 Å². The molecule has 0 radical (unpaired) electrons. The average Bonchev–Trinajstić information content (AvgIpc) is 3.25. The van der Waals surface area contributed by atoms with Crippen LogP contribution < -0.4 is 0 Å². The summed E-state index contributed by atoms with van der Waals surface area (Å²) in [5, 5.41) is 8.33. The zero-order chi connectivity index (χ0) is 20.2. The third-order valence-electron chi connectivity index (χ3n) is 5.59. The lowest BCUT2D eigenvalue weighted by Crippen LogP contribution is -2.51. The first-order chi connectivity index (χ1) is 14.1.